The van der Waals surface area contributed by atoms with E-state index in [9.17, 15) is 34.5 Å². The molecule has 4 aliphatic rings. The number of aliphatic hydroxyl groups excluding tert-OH is 2. The molecule has 3 heterocycles. The van der Waals surface area contributed by atoms with Gasteiger partial charge in [0.15, 0.2) is 0 Å². The van der Waals surface area contributed by atoms with Crippen LogP contribution in [0.1, 0.15) is 106 Å². The standard InChI is InChI=1S/C42H67NO12/c1-23-16-24(2)18-35(52-8)38-36(53-9)20-27(5)42(50,55-38)39(47)40(48)43-15-11-10-12-30(43)41(49)54-37(28(6)33(46)22-32(45)25(3)17-23)26(4)19-29-13-14-31(44)34(21-29)51-7/h17,19,24-25,27-31,33-38,44,46,50H,10-16,18,20-22H2,1-9H3/b23-17+,26-19+/t24-,25+,27+,28+,29-,30-,31+,33-,34+,35-,36-,37+,38+,42+/m0/s1. The molecule has 0 aromatic heterocycles. The van der Waals surface area contributed by atoms with Crippen LogP contribution in [-0.4, -0.2) is 126 Å². The van der Waals surface area contributed by atoms with Gasteiger partial charge in [-0.2, -0.15) is 0 Å². The van der Waals surface area contributed by atoms with E-state index in [2.05, 4.69) is 0 Å². The molecule has 2 saturated heterocycles. The van der Waals surface area contributed by atoms with Crippen molar-refractivity contribution in [1.29, 1.82) is 0 Å². The Morgan fingerprint density at radius 2 is 1.53 bits per heavy atom. The van der Waals surface area contributed by atoms with Crippen LogP contribution in [0.25, 0.3) is 0 Å². The summed E-state index contributed by atoms with van der Waals surface area (Å²) in [5, 5.41) is 33.9. The lowest BCUT2D eigenvalue weighted by Crippen LogP contribution is -2.64. The number of ketones is 2. The van der Waals surface area contributed by atoms with Crippen molar-refractivity contribution in [2.45, 2.75) is 160 Å². The number of ether oxygens (including phenoxy) is 5. The Morgan fingerprint density at radius 1 is 0.873 bits per heavy atom. The Kier molecular flexibility index (Phi) is 16.2. The zero-order chi connectivity index (χ0) is 40.8. The number of fused-ring (bicyclic) bond motifs is 3. The molecule has 0 unspecified atom stereocenters. The van der Waals surface area contributed by atoms with Crippen LogP contribution < -0.4 is 0 Å². The third-order valence-corrected chi connectivity index (χ3v) is 12.6. The number of hydrogen-bond donors (Lipinski definition) is 3. The van der Waals surface area contributed by atoms with Crippen LogP contribution in [0.4, 0.5) is 0 Å². The zero-order valence-corrected chi connectivity index (χ0v) is 34.4. The summed E-state index contributed by atoms with van der Waals surface area (Å²) in [6, 6.07) is -1.13. The summed E-state index contributed by atoms with van der Waals surface area (Å²) in [7, 11) is 4.62. The molecular weight excluding hydrogens is 710 g/mol. The van der Waals surface area contributed by atoms with Crippen LogP contribution in [0.5, 0.6) is 0 Å². The minimum Gasteiger partial charge on any atom is -0.456 e. The molecule has 55 heavy (non-hydrogen) atoms. The molecule has 3 fully saturated rings. The summed E-state index contributed by atoms with van der Waals surface area (Å²) in [5.41, 5.74) is 1.64. The highest BCUT2D eigenvalue weighted by molar-refractivity contribution is 6.39. The molecule has 1 amide bonds. The molecule has 3 N–H and O–H groups in total. The second-order valence-corrected chi connectivity index (χ2v) is 16.9. The SMILES string of the molecule is CO[C@H]1C[C@@H](C)C/C(C)=C/[C@@H](C)C(=O)C[C@H](O)[C@@H](C)[C@@H](/C(C)=C/[C@@H]2CC[C@@H](O)[C@H](OC)C2)OC(=O)[C@@H]2CCCCN2C(=O)C(=O)[C@]2(O)O[C@H]1[C@@H](OC)C[C@H]2C. The first kappa shape index (κ1) is 45.2. The molecule has 0 radical (unpaired) electrons. The molecule has 312 valence electrons. The number of carbonyl (C=O) groups is 4. The highest BCUT2D eigenvalue weighted by atomic mass is 16.7. The van der Waals surface area contributed by atoms with Gasteiger partial charge in [-0.25, -0.2) is 4.79 Å². The summed E-state index contributed by atoms with van der Waals surface area (Å²) >= 11 is 0. The molecule has 1 aliphatic carbocycles. The number of nitrogens with zero attached hydrogens (tertiary/aromatic N) is 1. The molecule has 13 nitrogen and oxygen atoms in total. The smallest absolute Gasteiger partial charge is 0.329 e. The van der Waals surface area contributed by atoms with Gasteiger partial charge >= 0.3 is 5.97 Å². The van der Waals surface area contributed by atoms with Gasteiger partial charge in [0.1, 0.15) is 24.0 Å². The topological polar surface area (TPSA) is 178 Å². The summed E-state index contributed by atoms with van der Waals surface area (Å²) in [4.78, 5) is 57.3. The van der Waals surface area contributed by atoms with Gasteiger partial charge in [-0.05, 0) is 89.0 Å². The van der Waals surface area contributed by atoms with Crippen molar-refractivity contribution in [3.63, 3.8) is 0 Å². The quantitative estimate of drug-likeness (QED) is 0.207. The van der Waals surface area contributed by atoms with Crippen molar-refractivity contribution in [3.8, 4) is 0 Å². The average molecular weight is 778 g/mol. The van der Waals surface area contributed by atoms with E-state index in [0.29, 0.717) is 50.5 Å². The number of piperidine rings is 1. The Bertz CT molecular complexity index is 1410. The van der Waals surface area contributed by atoms with Crippen LogP contribution in [0.2, 0.25) is 0 Å². The van der Waals surface area contributed by atoms with Gasteiger partial charge in [-0.3, -0.25) is 14.4 Å². The molecule has 4 rings (SSSR count). The van der Waals surface area contributed by atoms with Gasteiger partial charge in [0.05, 0.1) is 30.5 Å². The number of hydrogen-bond acceptors (Lipinski definition) is 12. The van der Waals surface area contributed by atoms with E-state index in [1.807, 2.05) is 32.9 Å². The van der Waals surface area contributed by atoms with Crippen LogP contribution in [0, 0.1) is 29.6 Å². The number of methoxy groups -OCH3 is 3. The van der Waals surface area contributed by atoms with E-state index in [-0.39, 0.29) is 49.5 Å². The molecular formula is C42H67NO12. The van der Waals surface area contributed by atoms with Gasteiger partial charge < -0.3 is 43.9 Å². The molecule has 1 saturated carbocycles. The van der Waals surface area contributed by atoms with Gasteiger partial charge in [0, 0.05) is 52.0 Å². The fraction of sp³-hybridized carbons (Fsp3) is 0.810. The van der Waals surface area contributed by atoms with E-state index in [1.54, 1.807) is 27.9 Å². The number of carbonyl (C=O) groups excluding carboxylic acids is 4. The minimum atomic E-state index is -2.50. The third-order valence-electron chi connectivity index (χ3n) is 12.6. The molecule has 0 spiro atoms. The largest absolute Gasteiger partial charge is 0.456 e. The number of amides is 1. The lowest BCUT2D eigenvalue weighted by Gasteiger charge is -2.47. The first-order valence-electron chi connectivity index (χ1n) is 20.2. The number of esters is 1. The van der Waals surface area contributed by atoms with E-state index in [1.165, 1.54) is 19.1 Å². The van der Waals surface area contributed by atoms with E-state index < -0.39 is 83.9 Å². The molecule has 0 aromatic carbocycles. The summed E-state index contributed by atoms with van der Waals surface area (Å²) in [5.74, 6) is -7.59. The Hall–Kier alpha value is -2.52. The minimum absolute atomic E-state index is 0.00142. The highest BCUT2D eigenvalue weighted by Gasteiger charge is 2.56. The molecule has 13 heteroatoms. The van der Waals surface area contributed by atoms with Gasteiger partial charge in [0.25, 0.3) is 11.7 Å². The Morgan fingerprint density at radius 3 is 2.18 bits per heavy atom. The lowest BCUT2D eigenvalue weighted by atomic mass is 9.82. The van der Waals surface area contributed by atoms with Gasteiger partial charge in [-0.1, -0.05) is 45.4 Å². The predicted molar refractivity (Wildman–Crippen MR) is 203 cm³/mol. The molecule has 14 atom stereocenters. The van der Waals surface area contributed by atoms with Crippen LogP contribution in [0.3, 0.4) is 0 Å². The van der Waals surface area contributed by atoms with Crippen molar-refractivity contribution in [3.05, 3.63) is 23.3 Å². The normalized spacial score (nSPS) is 42.1. The fourth-order valence-electron chi connectivity index (χ4n) is 9.16. The maximum absolute atomic E-state index is 14.2. The summed E-state index contributed by atoms with van der Waals surface area (Å²) < 4.78 is 29.6. The van der Waals surface area contributed by atoms with E-state index in [0.717, 1.165) is 5.57 Å². The number of cyclic esters (lactones) is 1. The van der Waals surface area contributed by atoms with E-state index in [4.69, 9.17) is 23.7 Å². The van der Waals surface area contributed by atoms with Crippen LogP contribution in [0.15, 0.2) is 23.3 Å². The van der Waals surface area contributed by atoms with E-state index >= 15 is 0 Å². The number of aliphatic hydroxyl groups is 3. The highest BCUT2D eigenvalue weighted by Crippen LogP contribution is 2.39. The molecule has 0 aromatic rings. The van der Waals surface area contributed by atoms with Crippen molar-refractivity contribution in [2.75, 3.05) is 27.9 Å². The summed E-state index contributed by atoms with van der Waals surface area (Å²) in [6.07, 6.45) is 3.09. The first-order valence-corrected chi connectivity index (χ1v) is 20.2. The van der Waals surface area contributed by atoms with Gasteiger partial charge in [-0.15, -0.1) is 0 Å². The second kappa shape index (κ2) is 19.8. The fourth-order valence-corrected chi connectivity index (χ4v) is 9.16. The van der Waals surface area contributed by atoms with Crippen molar-refractivity contribution >= 4 is 23.4 Å². The van der Waals surface area contributed by atoms with Crippen molar-refractivity contribution in [1.82, 2.24) is 4.90 Å². The molecule has 2 bridgehead atoms. The maximum Gasteiger partial charge on any atom is 0.329 e. The number of allylic oxidation sites excluding steroid dienone is 3. The number of rotatable bonds is 5. The third kappa shape index (κ3) is 10.7. The number of Topliss-reactive ketones (excluding diaryl/α,β-unsaturated/α-hetero) is 2. The van der Waals surface area contributed by atoms with Crippen molar-refractivity contribution in [2.24, 2.45) is 29.6 Å². The Balaban J connectivity index is 1.75. The maximum atomic E-state index is 14.2. The Labute approximate surface area is 327 Å². The predicted octanol–water partition coefficient (Wildman–Crippen LogP) is 4.08. The van der Waals surface area contributed by atoms with Gasteiger partial charge in [0.2, 0.25) is 5.79 Å². The lowest BCUT2D eigenvalue weighted by molar-refractivity contribution is -0.302. The molecule has 3 aliphatic heterocycles. The first-order chi connectivity index (χ1) is 25.9. The van der Waals surface area contributed by atoms with Crippen LogP contribution in [-0.2, 0) is 42.9 Å². The van der Waals surface area contributed by atoms with Crippen LogP contribution >= 0.6 is 0 Å². The zero-order valence-electron chi connectivity index (χ0n) is 34.4. The average Bonchev–Trinajstić information content (AvgIpc) is 3.15. The summed E-state index contributed by atoms with van der Waals surface area (Å²) in [6.45, 7) is 11.1. The second-order valence-electron chi connectivity index (χ2n) is 16.9. The monoisotopic (exact) mass is 777 g/mol. The van der Waals surface area contributed by atoms with Crippen molar-refractivity contribution < 1.29 is 58.2 Å².